The summed E-state index contributed by atoms with van der Waals surface area (Å²) in [6.07, 6.45) is -1.39. The number of anilines is 1. The summed E-state index contributed by atoms with van der Waals surface area (Å²) in [5.41, 5.74) is 1.52. The van der Waals surface area contributed by atoms with E-state index in [1.807, 2.05) is 30.3 Å². The van der Waals surface area contributed by atoms with Crippen LogP contribution >= 0.6 is 0 Å². The van der Waals surface area contributed by atoms with Gasteiger partial charge in [-0.1, -0.05) is 30.3 Å². The van der Waals surface area contributed by atoms with Gasteiger partial charge >= 0.3 is 12.2 Å². The highest BCUT2D eigenvalue weighted by Crippen LogP contribution is 2.37. The van der Waals surface area contributed by atoms with Crippen LogP contribution in [0.1, 0.15) is 21.5 Å². The van der Waals surface area contributed by atoms with Crippen LogP contribution in [0, 0.1) is 0 Å². The number of fused-ring (bicyclic) bond motifs is 1. The number of nitrogens with one attached hydrogen (secondary N) is 3. The van der Waals surface area contributed by atoms with E-state index < -0.39 is 17.6 Å². The van der Waals surface area contributed by atoms with Gasteiger partial charge in [0.15, 0.2) is 0 Å². The van der Waals surface area contributed by atoms with Gasteiger partial charge in [-0.15, -0.1) is 0 Å². The molecule has 0 spiro atoms. The number of alkyl halides is 3. The number of rotatable bonds is 6. The van der Waals surface area contributed by atoms with Crippen LogP contribution in [0.4, 0.5) is 23.8 Å². The molecule has 0 aliphatic carbocycles. The Labute approximate surface area is 226 Å². The van der Waals surface area contributed by atoms with E-state index in [0.29, 0.717) is 17.2 Å². The monoisotopic (exact) mass is 547 g/mol. The van der Waals surface area contributed by atoms with Crippen LogP contribution in [-0.4, -0.2) is 38.2 Å². The summed E-state index contributed by atoms with van der Waals surface area (Å²) in [7, 11) is 3.12. The smallest absolute Gasteiger partial charge is 0.341 e. The quantitative estimate of drug-likeness (QED) is 0.275. The number of nitrogens with zero attached hydrogens (tertiary/aromatic N) is 4. The molecule has 0 radical (unpaired) electrons. The first-order chi connectivity index (χ1) is 19.1. The fourth-order valence-electron chi connectivity index (χ4n) is 4.27. The molecule has 0 bridgehead atoms. The van der Waals surface area contributed by atoms with E-state index in [9.17, 15) is 22.8 Å². The summed E-state index contributed by atoms with van der Waals surface area (Å²) in [5.74, 6) is -0.272. The van der Waals surface area contributed by atoms with Crippen molar-refractivity contribution in [3.05, 3.63) is 95.8 Å². The third kappa shape index (κ3) is 5.37. The van der Waals surface area contributed by atoms with Crippen molar-refractivity contribution in [1.82, 2.24) is 29.8 Å². The maximum absolute atomic E-state index is 13.8. The zero-order valence-electron chi connectivity index (χ0n) is 21.5. The van der Waals surface area contributed by atoms with Crippen LogP contribution in [0.5, 0.6) is 0 Å². The van der Waals surface area contributed by atoms with Crippen molar-refractivity contribution in [2.24, 2.45) is 7.05 Å². The number of aromatic nitrogens is 4. The normalized spacial score (nSPS) is 11.4. The van der Waals surface area contributed by atoms with Gasteiger partial charge in [-0.3, -0.25) is 13.9 Å². The second-order valence-corrected chi connectivity index (χ2v) is 8.96. The number of aryl methyl sites for hydroxylation is 1. The molecule has 0 fully saturated rings. The fourth-order valence-corrected chi connectivity index (χ4v) is 4.27. The third-order valence-electron chi connectivity index (χ3n) is 6.23. The zero-order valence-corrected chi connectivity index (χ0v) is 21.5. The molecular formula is C28H24F3N7O2. The molecule has 3 amide bonds. The summed E-state index contributed by atoms with van der Waals surface area (Å²) in [6.45, 7) is 0.257. The predicted octanol–water partition coefficient (Wildman–Crippen LogP) is 5.10. The molecule has 12 heteroatoms. The first kappa shape index (κ1) is 26.5. The average Bonchev–Trinajstić information content (AvgIpc) is 3.54. The van der Waals surface area contributed by atoms with Gasteiger partial charge in [0.1, 0.15) is 17.2 Å². The predicted molar refractivity (Wildman–Crippen MR) is 144 cm³/mol. The van der Waals surface area contributed by atoms with E-state index in [-0.39, 0.29) is 29.4 Å². The van der Waals surface area contributed by atoms with Crippen molar-refractivity contribution in [2.75, 3.05) is 12.4 Å². The van der Waals surface area contributed by atoms with E-state index in [2.05, 4.69) is 21.0 Å². The SMILES string of the molecule is CNC(=O)NCc1ccn2c(NC(=O)c3ccc(C(F)(F)F)c(-c4ccn(C)n4)c3)c(-c3ccccc3)nc2c1. The lowest BCUT2D eigenvalue weighted by atomic mass is 10.0. The fraction of sp³-hybridized carbons (Fsp3) is 0.143. The largest absolute Gasteiger partial charge is 0.417 e. The second kappa shape index (κ2) is 10.6. The highest BCUT2D eigenvalue weighted by Gasteiger charge is 2.34. The Bertz CT molecular complexity index is 1710. The molecule has 0 aliphatic rings. The third-order valence-corrected chi connectivity index (χ3v) is 6.23. The summed E-state index contributed by atoms with van der Waals surface area (Å²) in [6, 6.07) is 17.1. The first-order valence-electron chi connectivity index (χ1n) is 12.2. The Morgan fingerprint density at radius 2 is 1.75 bits per heavy atom. The number of pyridine rings is 1. The molecule has 2 aromatic carbocycles. The van der Waals surface area contributed by atoms with Gasteiger partial charge in [-0.2, -0.15) is 18.3 Å². The molecule has 3 aromatic heterocycles. The molecule has 0 aliphatic heterocycles. The van der Waals surface area contributed by atoms with Gasteiger partial charge in [0.2, 0.25) is 0 Å². The molecule has 5 aromatic rings. The van der Waals surface area contributed by atoms with Crippen molar-refractivity contribution < 1.29 is 22.8 Å². The molecule has 0 unspecified atom stereocenters. The van der Waals surface area contributed by atoms with Gasteiger partial charge in [0, 0.05) is 49.7 Å². The minimum atomic E-state index is -4.63. The minimum Gasteiger partial charge on any atom is -0.341 e. The zero-order chi connectivity index (χ0) is 28.4. The van der Waals surface area contributed by atoms with E-state index in [1.54, 1.807) is 29.8 Å². The molecule has 40 heavy (non-hydrogen) atoms. The van der Waals surface area contributed by atoms with Crippen LogP contribution in [-0.2, 0) is 19.8 Å². The minimum absolute atomic E-state index is 0.0222. The molecule has 204 valence electrons. The van der Waals surface area contributed by atoms with Crippen LogP contribution in [0.2, 0.25) is 0 Å². The van der Waals surface area contributed by atoms with Crippen molar-refractivity contribution in [3.8, 4) is 22.5 Å². The van der Waals surface area contributed by atoms with Gasteiger partial charge in [-0.05, 0) is 42.0 Å². The highest BCUT2D eigenvalue weighted by molar-refractivity contribution is 6.06. The average molecular weight is 548 g/mol. The Kier molecular flexibility index (Phi) is 6.99. The van der Waals surface area contributed by atoms with E-state index in [0.717, 1.165) is 23.3 Å². The standard InChI is InChI=1S/C28H24F3N7O2/c1-32-27(40)33-16-17-10-13-38-23(14-17)34-24(18-6-4-3-5-7-18)25(38)35-26(39)19-8-9-21(28(29,30)31)20(15-19)22-11-12-37(2)36-22/h3-15H,16H2,1-2H3,(H,35,39)(H2,32,33,40). The number of imidazole rings is 1. The topological polar surface area (TPSA) is 105 Å². The van der Waals surface area contributed by atoms with Crippen molar-refractivity contribution in [1.29, 1.82) is 0 Å². The lowest BCUT2D eigenvalue weighted by molar-refractivity contribution is -0.137. The van der Waals surface area contributed by atoms with Crippen LogP contribution in [0.15, 0.2) is 79.1 Å². The van der Waals surface area contributed by atoms with Crippen molar-refractivity contribution in [2.45, 2.75) is 12.7 Å². The summed E-state index contributed by atoms with van der Waals surface area (Å²) in [5, 5.41) is 12.1. The first-order valence-corrected chi connectivity index (χ1v) is 12.2. The Morgan fingerprint density at radius 3 is 2.42 bits per heavy atom. The number of hydrogen-bond donors (Lipinski definition) is 3. The number of halogens is 3. The molecule has 0 atom stereocenters. The van der Waals surface area contributed by atoms with Crippen LogP contribution in [0.25, 0.3) is 28.2 Å². The number of urea groups is 1. The van der Waals surface area contributed by atoms with E-state index in [4.69, 9.17) is 4.98 Å². The van der Waals surface area contributed by atoms with Crippen molar-refractivity contribution >= 4 is 23.4 Å². The second-order valence-electron chi connectivity index (χ2n) is 8.96. The molecule has 3 N–H and O–H groups in total. The van der Waals surface area contributed by atoms with Crippen LogP contribution in [0.3, 0.4) is 0 Å². The molecule has 0 saturated heterocycles. The molecule has 5 rings (SSSR count). The molecule has 0 saturated carbocycles. The maximum atomic E-state index is 13.8. The molecular weight excluding hydrogens is 523 g/mol. The van der Waals surface area contributed by atoms with Gasteiger partial charge in [0.25, 0.3) is 5.91 Å². The van der Waals surface area contributed by atoms with Gasteiger partial charge in [-0.25, -0.2) is 9.78 Å². The lowest BCUT2D eigenvalue weighted by Crippen LogP contribution is -2.32. The van der Waals surface area contributed by atoms with E-state index in [1.165, 1.54) is 30.1 Å². The highest BCUT2D eigenvalue weighted by atomic mass is 19.4. The number of carbonyl (C=O) groups is 2. The van der Waals surface area contributed by atoms with Crippen molar-refractivity contribution in [3.63, 3.8) is 0 Å². The molecule has 3 heterocycles. The Hall–Kier alpha value is -5.13. The number of amides is 3. The van der Waals surface area contributed by atoms with Crippen LogP contribution < -0.4 is 16.0 Å². The Balaban J connectivity index is 1.55. The number of benzene rings is 2. The van der Waals surface area contributed by atoms with Gasteiger partial charge < -0.3 is 16.0 Å². The maximum Gasteiger partial charge on any atom is 0.417 e. The number of carbonyl (C=O) groups excluding carboxylic acids is 2. The summed E-state index contributed by atoms with van der Waals surface area (Å²) in [4.78, 5) is 29.7. The van der Waals surface area contributed by atoms with E-state index >= 15 is 0 Å². The molecule has 9 nitrogen and oxygen atoms in total. The number of hydrogen-bond acceptors (Lipinski definition) is 4. The summed E-state index contributed by atoms with van der Waals surface area (Å²) >= 11 is 0. The van der Waals surface area contributed by atoms with Gasteiger partial charge in [0.05, 0.1) is 11.3 Å². The summed E-state index contributed by atoms with van der Waals surface area (Å²) < 4.78 is 44.4. The Morgan fingerprint density at radius 1 is 0.975 bits per heavy atom. The lowest BCUT2D eigenvalue weighted by Gasteiger charge is -2.14.